The van der Waals surface area contributed by atoms with E-state index in [0.717, 1.165) is 26.7 Å². The molecule has 0 spiro atoms. The van der Waals surface area contributed by atoms with Crippen molar-refractivity contribution >= 4 is 33.3 Å². The number of nitriles is 1. The van der Waals surface area contributed by atoms with Crippen LogP contribution in [0.4, 0.5) is 0 Å². The van der Waals surface area contributed by atoms with Crippen LogP contribution in [0.15, 0.2) is 89.4 Å². The van der Waals surface area contributed by atoms with Crippen molar-refractivity contribution in [1.29, 1.82) is 5.26 Å². The van der Waals surface area contributed by atoms with Crippen molar-refractivity contribution in [1.82, 2.24) is 5.32 Å². The minimum Gasteiger partial charge on any atom is -0.488 e. The van der Waals surface area contributed by atoms with E-state index in [9.17, 15) is 15.2 Å². The van der Waals surface area contributed by atoms with Gasteiger partial charge in [0.15, 0.2) is 0 Å². The highest BCUT2D eigenvalue weighted by molar-refractivity contribution is 9.10. The molecule has 0 fully saturated rings. The molecule has 0 aliphatic carbocycles. The van der Waals surface area contributed by atoms with Crippen molar-refractivity contribution in [3.63, 3.8) is 0 Å². The average molecular weight is 620 g/mol. The standard InChI is InChI=1S/C32H28BrClN2O4/c1-21(38)29(18-37)36-17-26-14-28(34)31(15-30(26)39-19-23-8-5-7-22(13-23)16-35)40-20-25-11-6-12-27(32(25)33)24-9-3-2-4-10-24/h2-15,29,36-37H,17-20H2,1H3/t29-/m0/s1. The molecule has 0 unspecified atom stereocenters. The molecule has 0 bridgehead atoms. The highest BCUT2D eigenvalue weighted by atomic mass is 79.9. The number of Topliss-reactive ketones (excluding diaryl/α,β-unsaturated/α-hetero) is 1. The van der Waals surface area contributed by atoms with Crippen LogP contribution in [-0.2, 0) is 24.6 Å². The van der Waals surface area contributed by atoms with Crippen molar-refractivity contribution in [3.8, 4) is 28.7 Å². The van der Waals surface area contributed by atoms with Gasteiger partial charge < -0.3 is 19.9 Å². The number of carbonyl (C=O) groups excluding carboxylic acids is 1. The summed E-state index contributed by atoms with van der Waals surface area (Å²) in [6, 6.07) is 28.2. The quantitative estimate of drug-likeness (QED) is 0.180. The second-order valence-electron chi connectivity index (χ2n) is 9.15. The van der Waals surface area contributed by atoms with Crippen LogP contribution in [0.1, 0.15) is 29.2 Å². The van der Waals surface area contributed by atoms with E-state index in [2.05, 4.69) is 39.4 Å². The minimum atomic E-state index is -0.705. The lowest BCUT2D eigenvalue weighted by Crippen LogP contribution is -2.38. The summed E-state index contributed by atoms with van der Waals surface area (Å²) in [5.41, 5.74) is 5.16. The van der Waals surface area contributed by atoms with Crippen LogP contribution in [-0.4, -0.2) is 23.5 Å². The molecule has 0 aliphatic heterocycles. The molecule has 0 radical (unpaired) electrons. The fourth-order valence-electron chi connectivity index (χ4n) is 4.11. The average Bonchev–Trinajstić information content (AvgIpc) is 2.97. The molecule has 204 valence electrons. The second kappa shape index (κ2) is 14.1. The van der Waals surface area contributed by atoms with Gasteiger partial charge in [-0.15, -0.1) is 0 Å². The van der Waals surface area contributed by atoms with Crippen molar-refractivity contribution in [3.05, 3.63) is 117 Å². The summed E-state index contributed by atoms with van der Waals surface area (Å²) < 4.78 is 13.3. The Kier molecular flexibility index (Phi) is 10.3. The Bertz CT molecular complexity index is 1520. The molecular formula is C32H28BrClN2O4. The van der Waals surface area contributed by atoms with Crippen LogP contribution in [0.5, 0.6) is 11.5 Å². The predicted octanol–water partition coefficient (Wildman–Crippen LogP) is 6.84. The molecule has 1 atom stereocenters. The highest BCUT2D eigenvalue weighted by Gasteiger charge is 2.17. The number of ether oxygens (including phenoxy) is 2. The number of ketones is 1. The number of rotatable bonds is 12. The lowest BCUT2D eigenvalue weighted by atomic mass is 10.0. The predicted molar refractivity (Wildman–Crippen MR) is 159 cm³/mol. The van der Waals surface area contributed by atoms with Gasteiger partial charge in [-0.25, -0.2) is 0 Å². The van der Waals surface area contributed by atoms with Gasteiger partial charge >= 0.3 is 0 Å². The van der Waals surface area contributed by atoms with Gasteiger partial charge in [0.2, 0.25) is 0 Å². The molecule has 0 saturated carbocycles. The van der Waals surface area contributed by atoms with Crippen LogP contribution < -0.4 is 14.8 Å². The maximum absolute atomic E-state index is 11.8. The molecule has 0 aromatic heterocycles. The molecule has 4 aromatic carbocycles. The molecule has 8 heteroatoms. The third-order valence-corrected chi connectivity index (χ3v) is 7.56. The Balaban J connectivity index is 1.58. The van der Waals surface area contributed by atoms with E-state index < -0.39 is 6.04 Å². The highest BCUT2D eigenvalue weighted by Crippen LogP contribution is 2.36. The summed E-state index contributed by atoms with van der Waals surface area (Å²) in [6.07, 6.45) is 0. The van der Waals surface area contributed by atoms with Gasteiger partial charge in [-0.1, -0.05) is 72.3 Å². The van der Waals surface area contributed by atoms with Crippen molar-refractivity contribution in [2.24, 2.45) is 0 Å². The van der Waals surface area contributed by atoms with Crippen molar-refractivity contribution < 1.29 is 19.4 Å². The Morgan fingerprint density at radius 3 is 2.45 bits per heavy atom. The number of benzene rings is 4. The minimum absolute atomic E-state index is 0.173. The summed E-state index contributed by atoms with van der Waals surface area (Å²) in [7, 11) is 0. The third-order valence-electron chi connectivity index (χ3n) is 6.32. The van der Waals surface area contributed by atoms with E-state index in [1.54, 1.807) is 30.3 Å². The Hall–Kier alpha value is -3.67. The van der Waals surface area contributed by atoms with Gasteiger partial charge in [0.25, 0.3) is 0 Å². The maximum Gasteiger partial charge on any atom is 0.149 e. The van der Waals surface area contributed by atoms with Crippen LogP contribution in [0.3, 0.4) is 0 Å². The summed E-state index contributed by atoms with van der Waals surface area (Å²) >= 11 is 10.4. The zero-order valence-electron chi connectivity index (χ0n) is 21.9. The summed E-state index contributed by atoms with van der Waals surface area (Å²) in [6.45, 7) is 1.81. The third kappa shape index (κ3) is 7.50. The molecule has 6 nitrogen and oxygen atoms in total. The molecule has 4 aromatic rings. The largest absolute Gasteiger partial charge is 0.488 e. The molecule has 0 amide bonds. The number of hydrogen-bond acceptors (Lipinski definition) is 6. The molecular weight excluding hydrogens is 592 g/mol. The van der Waals surface area contributed by atoms with Gasteiger partial charge in [0.05, 0.1) is 29.3 Å². The molecule has 40 heavy (non-hydrogen) atoms. The van der Waals surface area contributed by atoms with Gasteiger partial charge in [-0.3, -0.25) is 4.79 Å². The number of aliphatic hydroxyl groups excluding tert-OH is 1. The number of halogens is 2. The van der Waals surface area contributed by atoms with E-state index >= 15 is 0 Å². The molecule has 4 rings (SSSR count). The van der Waals surface area contributed by atoms with Gasteiger partial charge in [-0.05, 0) is 57.7 Å². The van der Waals surface area contributed by atoms with E-state index in [1.165, 1.54) is 6.92 Å². The normalized spacial score (nSPS) is 11.5. The van der Waals surface area contributed by atoms with Crippen LogP contribution in [0.2, 0.25) is 5.02 Å². The first-order valence-electron chi connectivity index (χ1n) is 12.6. The molecule has 0 aliphatic rings. The Morgan fingerprint density at radius 1 is 0.975 bits per heavy atom. The number of hydrogen-bond donors (Lipinski definition) is 2. The first-order valence-corrected chi connectivity index (χ1v) is 13.8. The Labute approximate surface area is 247 Å². The zero-order chi connectivity index (χ0) is 28.5. The first-order chi connectivity index (χ1) is 19.4. The maximum atomic E-state index is 11.8. The fraction of sp³-hybridized carbons (Fsp3) is 0.188. The summed E-state index contributed by atoms with van der Waals surface area (Å²) in [4.78, 5) is 11.8. The van der Waals surface area contributed by atoms with Gasteiger partial charge in [-0.2, -0.15) is 5.26 Å². The first kappa shape index (κ1) is 29.3. The van der Waals surface area contributed by atoms with E-state index in [-0.39, 0.29) is 32.1 Å². The molecule has 0 heterocycles. The number of nitrogens with one attached hydrogen (secondary N) is 1. The number of aliphatic hydroxyl groups is 1. The monoisotopic (exact) mass is 618 g/mol. The second-order valence-corrected chi connectivity index (χ2v) is 10.4. The molecule has 0 saturated heterocycles. The van der Waals surface area contributed by atoms with Crippen LogP contribution in [0.25, 0.3) is 11.1 Å². The van der Waals surface area contributed by atoms with E-state index in [4.69, 9.17) is 21.1 Å². The van der Waals surface area contributed by atoms with Crippen LogP contribution >= 0.6 is 27.5 Å². The van der Waals surface area contributed by atoms with Gasteiger partial charge in [0.1, 0.15) is 30.5 Å². The zero-order valence-corrected chi connectivity index (χ0v) is 24.2. The smallest absolute Gasteiger partial charge is 0.149 e. The SMILES string of the molecule is CC(=O)[C@H](CO)NCc1cc(Cl)c(OCc2cccc(-c3ccccc3)c2Br)cc1OCc1cccc(C#N)c1. The lowest BCUT2D eigenvalue weighted by Gasteiger charge is -2.18. The van der Waals surface area contributed by atoms with E-state index in [0.29, 0.717) is 27.6 Å². The van der Waals surface area contributed by atoms with Crippen LogP contribution in [0, 0.1) is 11.3 Å². The number of carbonyl (C=O) groups is 1. The van der Waals surface area contributed by atoms with Gasteiger partial charge in [0, 0.05) is 28.2 Å². The Morgan fingerprint density at radius 2 is 1.73 bits per heavy atom. The van der Waals surface area contributed by atoms with Crippen molar-refractivity contribution in [2.75, 3.05) is 6.61 Å². The fourth-order valence-corrected chi connectivity index (χ4v) is 4.96. The lowest BCUT2D eigenvalue weighted by molar-refractivity contribution is -0.119. The summed E-state index contributed by atoms with van der Waals surface area (Å²) in [5, 5.41) is 22.2. The van der Waals surface area contributed by atoms with E-state index in [1.807, 2.05) is 42.5 Å². The topological polar surface area (TPSA) is 91.6 Å². The number of nitrogens with zero attached hydrogens (tertiary/aromatic N) is 1. The molecule has 2 N–H and O–H groups in total. The van der Waals surface area contributed by atoms with Crippen molar-refractivity contribution in [2.45, 2.75) is 32.7 Å². The summed E-state index contributed by atoms with van der Waals surface area (Å²) in [5.74, 6) is 0.771.